The molecule has 0 bridgehead atoms. The minimum atomic E-state index is -0.528. The van der Waals surface area contributed by atoms with Gasteiger partial charge in [0.15, 0.2) is 5.78 Å². The molecular weight excluding hydrogens is 443 g/mol. The van der Waals surface area contributed by atoms with Crippen molar-refractivity contribution in [2.24, 2.45) is 5.73 Å². The van der Waals surface area contributed by atoms with Crippen molar-refractivity contribution in [2.75, 3.05) is 0 Å². The fraction of sp³-hybridized carbons (Fsp3) is 0.207. The van der Waals surface area contributed by atoms with E-state index in [9.17, 15) is 14.0 Å². The van der Waals surface area contributed by atoms with E-state index in [1.165, 1.54) is 24.6 Å². The monoisotopic (exact) mass is 472 g/mol. The number of rotatable bonds is 7. The van der Waals surface area contributed by atoms with Gasteiger partial charge in [-0.15, -0.1) is 0 Å². The van der Waals surface area contributed by atoms with Gasteiger partial charge in [0.1, 0.15) is 11.6 Å². The van der Waals surface area contributed by atoms with E-state index in [4.69, 9.17) is 10.8 Å². The zero-order valence-corrected chi connectivity index (χ0v) is 19.9. The number of amides is 1. The molecule has 0 aliphatic heterocycles. The van der Waals surface area contributed by atoms with Crippen molar-refractivity contribution in [3.05, 3.63) is 107 Å². The molecule has 0 unspecified atom stereocenters. The van der Waals surface area contributed by atoms with Gasteiger partial charge in [-0.3, -0.25) is 14.6 Å². The predicted molar refractivity (Wildman–Crippen MR) is 136 cm³/mol. The highest BCUT2D eigenvalue weighted by molar-refractivity contribution is 5.94. The summed E-state index contributed by atoms with van der Waals surface area (Å²) in [4.78, 5) is 27.0. The van der Waals surface area contributed by atoms with E-state index in [0.29, 0.717) is 12.2 Å². The first-order valence-corrected chi connectivity index (χ1v) is 11.5. The molecule has 1 heterocycles. The number of carbonyl (C=O) groups excluding carboxylic acids is 2. The summed E-state index contributed by atoms with van der Waals surface area (Å²) in [6.07, 6.45) is 4.44. The number of nitrogens with two attached hydrogens (primary N) is 1. The van der Waals surface area contributed by atoms with Gasteiger partial charge in [-0.1, -0.05) is 55.8 Å². The number of primary amides is 1. The molecule has 3 aromatic carbocycles. The summed E-state index contributed by atoms with van der Waals surface area (Å²) in [5, 5.41) is 10.7. The molecule has 0 radical (unpaired) electrons. The fourth-order valence-corrected chi connectivity index (χ4v) is 3.88. The average Bonchev–Trinajstić information content (AvgIpc) is 2.82. The SMILES string of the molecule is CC(=O)c1ccc(Cc2ncc(CC(N)=O)c3ccccc23)cc1F.CCCc1ccc(O)cc1. The minimum absolute atomic E-state index is 0.0818. The Morgan fingerprint density at radius 3 is 2.23 bits per heavy atom. The van der Waals surface area contributed by atoms with Crippen LogP contribution in [0.15, 0.2) is 72.9 Å². The van der Waals surface area contributed by atoms with E-state index in [2.05, 4.69) is 11.9 Å². The molecule has 35 heavy (non-hydrogen) atoms. The van der Waals surface area contributed by atoms with E-state index >= 15 is 0 Å². The summed E-state index contributed by atoms with van der Waals surface area (Å²) < 4.78 is 14.0. The normalized spacial score (nSPS) is 10.5. The van der Waals surface area contributed by atoms with E-state index in [1.54, 1.807) is 24.4 Å². The number of aryl methyl sites for hydroxylation is 1. The number of phenolic OH excluding ortho intramolecular Hbond substituents is 1. The van der Waals surface area contributed by atoms with Crippen molar-refractivity contribution >= 4 is 22.5 Å². The first-order chi connectivity index (χ1) is 16.8. The predicted octanol–water partition coefficient (Wildman–Crippen LogP) is 5.54. The van der Waals surface area contributed by atoms with Crippen LogP contribution in [-0.2, 0) is 24.1 Å². The van der Waals surface area contributed by atoms with Crippen LogP contribution >= 0.6 is 0 Å². The Morgan fingerprint density at radius 1 is 0.971 bits per heavy atom. The van der Waals surface area contributed by atoms with Crippen LogP contribution in [0.25, 0.3) is 10.8 Å². The second kappa shape index (κ2) is 11.9. The van der Waals surface area contributed by atoms with Crippen LogP contribution in [0.4, 0.5) is 4.39 Å². The molecule has 0 saturated carbocycles. The van der Waals surface area contributed by atoms with Crippen molar-refractivity contribution in [3.8, 4) is 5.75 Å². The molecule has 0 aliphatic carbocycles. The Hall–Kier alpha value is -4.06. The molecule has 0 spiro atoms. The number of aromatic nitrogens is 1. The maximum Gasteiger partial charge on any atom is 0.221 e. The second-order valence-corrected chi connectivity index (χ2v) is 8.38. The summed E-state index contributed by atoms with van der Waals surface area (Å²) in [5.41, 5.74) is 8.94. The first-order valence-electron chi connectivity index (χ1n) is 11.5. The molecule has 1 aromatic heterocycles. The molecule has 1 amide bonds. The van der Waals surface area contributed by atoms with Crippen LogP contribution in [0, 0.1) is 5.82 Å². The largest absolute Gasteiger partial charge is 0.508 e. The zero-order valence-electron chi connectivity index (χ0n) is 19.9. The van der Waals surface area contributed by atoms with Gasteiger partial charge >= 0.3 is 0 Å². The van der Waals surface area contributed by atoms with E-state index < -0.39 is 11.7 Å². The molecular formula is C29H29FN2O3. The van der Waals surface area contributed by atoms with Gasteiger partial charge in [0.2, 0.25) is 5.91 Å². The van der Waals surface area contributed by atoms with E-state index in [0.717, 1.165) is 40.4 Å². The summed E-state index contributed by atoms with van der Waals surface area (Å²) in [6, 6.07) is 19.6. The Kier molecular flexibility index (Phi) is 8.68. The summed E-state index contributed by atoms with van der Waals surface area (Å²) >= 11 is 0. The molecule has 3 N–H and O–H groups in total. The molecule has 0 saturated heterocycles. The van der Waals surface area contributed by atoms with Crippen LogP contribution in [-0.4, -0.2) is 21.8 Å². The second-order valence-electron chi connectivity index (χ2n) is 8.38. The Labute approximate surface area is 204 Å². The lowest BCUT2D eigenvalue weighted by Gasteiger charge is -2.10. The fourth-order valence-electron chi connectivity index (χ4n) is 3.88. The number of benzene rings is 3. The number of ketones is 1. The highest BCUT2D eigenvalue weighted by atomic mass is 19.1. The third-order valence-corrected chi connectivity index (χ3v) is 5.58. The van der Waals surface area contributed by atoms with Gasteiger partial charge < -0.3 is 10.8 Å². The molecule has 0 aliphatic rings. The maximum atomic E-state index is 14.0. The molecule has 6 heteroatoms. The van der Waals surface area contributed by atoms with Gasteiger partial charge in [0.25, 0.3) is 0 Å². The Bertz CT molecular complexity index is 1330. The number of fused-ring (bicyclic) bond motifs is 1. The van der Waals surface area contributed by atoms with Crippen LogP contribution in [0.1, 0.15) is 53.0 Å². The van der Waals surface area contributed by atoms with Crippen molar-refractivity contribution < 1.29 is 19.1 Å². The van der Waals surface area contributed by atoms with Gasteiger partial charge in [-0.25, -0.2) is 4.39 Å². The average molecular weight is 473 g/mol. The number of phenols is 1. The molecule has 4 aromatic rings. The zero-order chi connectivity index (χ0) is 25.4. The number of carbonyl (C=O) groups is 2. The van der Waals surface area contributed by atoms with Crippen LogP contribution < -0.4 is 5.73 Å². The summed E-state index contributed by atoms with van der Waals surface area (Å²) in [6.45, 7) is 3.48. The van der Waals surface area contributed by atoms with Crippen molar-refractivity contribution in [1.29, 1.82) is 0 Å². The van der Waals surface area contributed by atoms with Crippen LogP contribution in [0.2, 0.25) is 0 Å². The summed E-state index contributed by atoms with van der Waals surface area (Å²) in [7, 11) is 0. The number of hydrogen-bond acceptors (Lipinski definition) is 4. The molecule has 0 fully saturated rings. The van der Waals surface area contributed by atoms with Crippen molar-refractivity contribution in [3.63, 3.8) is 0 Å². The third-order valence-electron chi connectivity index (χ3n) is 5.58. The number of nitrogens with zero attached hydrogens (tertiary/aromatic N) is 1. The van der Waals surface area contributed by atoms with E-state index in [1.807, 2.05) is 36.4 Å². The van der Waals surface area contributed by atoms with Gasteiger partial charge in [0, 0.05) is 18.0 Å². The molecule has 0 atom stereocenters. The Morgan fingerprint density at radius 2 is 1.63 bits per heavy atom. The lowest BCUT2D eigenvalue weighted by Crippen LogP contribution is -2.14. The number of halogens is 1. The third kappa shape index (κ3) is 6.96. The van der Waals surface area contributed by atoms with Crippen molar-refractivity contribution in [1.82, 2.24) is 4.98 Å². The Balaban J connectivity index is 0.000000287. The van der Waals surface area contributed by atoms with Gasteiger partial charge in [-0.05, 0) is 59.7 Å². The van der Waals surface area contributed by atoms with Crippen molar-refractivity contribution in [2.45, 2.75) is 39.5 Å². The first kappa shape index (κ1) is 25.6. The summed E-state index contributed by atoms with van der Waals surface area (Å²) in [5.74, 6) is -0.899. The van der Waals surface area contributed by atoms with Crippen LogP contribution in [0.3, 0.4) is 0 Å². The number of aromatic hydroxyl groups is 1. The number of pyridine rings is 1. The van der Waals surface area contributed by atoms with Gasteiger partial charge in [-0.2, -0.15) is 0 Å². The highest BCUT2D eigenvalue weighted by Gasteiger charge is 2.12. The topological polar surface area (TPSA) is 93.3 Å². The lowest BCUT2D eigenvalue weighted by atomic mass is 9.98. The van der Waals surface area contributed by atoms with E-state index in [-0.39, 0.29) is 17.8 Å². The minimum Gasteiger partial charge on any atom is -0.508 e. The molecule has 180 valence electrons. The molecule has 5 nitrogen and oxygen atoms in total. The lowest BCUT2D eigenvalue weighted by molar-refractivity contribution is -0.117. The standard InChI is InChI=1S/C20H17FN2O2.C9H12O/c1-12(24)15-7-6-13(8-18(15)21)9-19-17-5-3-2-4-16(17)14(11-23-19)10-20(22)25;1-2-3-8-4-6-9(10)7-5-8/h2-8,11H,9-10H2,1H3,(H2,22,25);4-7,10H,2-3H2,1H3. The smallest absolute Gasteiger partial charge is 0.221 e. The highest BCUT2D eigenvalue weighted by Crippen LogP contribution is 2.24. The maximum absolute atomic E-state index is 14.0. The quantitative estimate of drug-likeness (QED) is 0.345. The number of hydrogen-bond donors (Lipinski definition) is 2. The van der Waals surface area contributed by atoms with Crippen LogP contribution in [0.5, 0.6) is 5.75 Å². The van der Waals surface area contributed by atoms with Gasteiger partial charge in [0.05, 0.1) is 17.7 Å². The molecule has 4 rings (SSSR count). The number of Topliss-reactive ketones (excluding diaryl/α,β-unsaturated/α-hetero) is 1.